The maximum atomic E-state index is 6.05. The molecule has 1 aromatic carbocycles. The van der Waals surface area contributed by atoms with Crippen LogP contribution in [0, 0.1) is 5.41 Å². The smallest absolute Gasteiger partial charge is 0.0595 e. The molecule has 0 spiro atoms. The molecule has 0 saturated heterocycles. The third-order valence-corrected chi connectivity index (χ3v) is 4.18. The van der Waals surface area contributed by atoms with E-state index in [9.17, 15) is 0 Å². The number of halogens is 2. The van der Waals surface area contributed by atoms with Crippen molar-refractivity contribution in [3.8, 4) is 0 Å². The number of hydrogen-bond donors (Lipinski definition) is 1. The molecule has 2 rings (SSSR count). The molecule has 0 bridgehead atoms. The van der Waals surface area contributed by atoms with E-state index in [1.54, 1.807) is 0 Å². The van der Waals surface area contributed by atoms with E-state index in [1.165, 1.54) is 17.5 Å². The SMILES string of the molecule is CNCCC1(C)Cc2cc(Cl)c(Cl)cc2C1. The van der Waals surface area contributed by atoms with Crippen LogP contribution in [0.1, 0.15) is 24.5 Å². The molecule has 0 amide bonds. The van der Waals surface area contributed by atoms with E-state index in [0.29, 0.717) is 15.5 Å². The summed E-state index contributed by atoms with van der Waals surface area (Å²) in [6, 6.07) is 4.06. The number of hydrogen-bond acceptors (Lipinski definition) is 1. The van der Waals surface area contributed by atoms with Gasteiger partial charge in [-0.1, -0.05) is 30.1 Å². The minimum absolute atomic E-state index is 0.360. The molecule has 0 heterocycles. The number of nitrogens with one attached hydrogen (secondary N) is 1. The Bertz CT molecular complexity index is 370. The first-order chi connectivity index (χ1) is 7.54. The zero-order valence-corrected chi connectivity index (χ0v) is 11.3. The quantitative estimate of drug-likeness (QED) is 0.871. The van der Waals surface area contributed by atoms with Crippen molar-refractivity contribution >= 4 is 23.2 Å². The summed E-state index contributed by atoms with van der Waals surface area (Å²) in [6.07, 6.45) is 3.41. The highest BCUT2D eigenvalue weighted by molar-refractivity contribution is 6.42. The molecule has 0 atom stereocenters. The van der Waals surface area contributed by atoms with E-state index in [0.717, 1.165) is 19.4 Å². The third kappa shape index (κ3) is 2.37. The molecule has 1 N–H and O–H groups in total. The maximum Gasteiger partial charge on any atom is 0.0595 e. The molecule has 0 fully saturated rings. The molecule has 0 aliphatic heterocycles. The third-order valence-electron chi connectivity index (χ3n) is 3.46. The Kier molecular flexibility index (Phi) is 3.48. The molecule has 1 aliphatic rings. The van der Waals surface area contributed by atoms with Crippen molar-refractivity contribution in [2.75, 3.05) is 13.6 Å². The number of benzene rings is 1. The lowest BCUT2D eigenvalue weighted by Crippen LogP contribution is -2.22. The fourth-order valence-corrected chi connectivity index (χ4v) is 2.92. The van der Waals surface area contributed by atoms with Gasteiger partial charge in [-0.15, -0.1) is 0 Å². The van der Waals surface area contributed by atoms with Crippen LogP contribution in [0.2, 0.25) is 10.0 Å². The van der Waals surface area contributed by atoms with E-state index in [4.69, 9.17) is 23.2 Å². The van der Waals surface area contributed by atoms with Gasteiger partial charge < -0.3 is 5.32 Å². The standard InChI is InChI=1S/C13H17Cl2N/c1-13(3-4-16-2)7-9-5-11(14)12(15)6-10(9)8-13/h5-6,16H,3-4,7-8H2,1-2H3. The van der Waals surface area contributed by atoms with Gasteiger partial charge in [0.1, 0.15) is 0 Å². The molecule has 1 nitrogen and oxygen atoms in total. The second-order valence-electron chi connectivity index (χ2n) is 5.05. The van der Waals surface area contributed by atoms with Crippen LogP contribution >= 0.6 is 23.2 Å². The Morgan fingerprint density at radius 2 is 1.69 bits per heavy atom. The lowest BCUT2D eigenvalue weighted by atomic mass is 9.84. The largest absolute Gasteiger partial charge is 0.320 e. The van der Waals surface area contributed by atoms with E-state index >= 15 is 0 Å². The van der Waals surface area contributed by atoms with E-state index in [2.05, 4.69) is 12.2 Å². The second kappa shape index (κ2) is 4.56. The van der Waals surface area contributed by atoms with Crippen LogP contribution in [0.15, 0.2) is 12.1 Å². The van der Waals surface area contributed by atoms with Crippen LogP contribution in [-0.4, -0.2) is 13.6 Å². The predicted molar refractivity (Wildman–Crippen MR) is 70.5 cm³/mol. The maximum absolute atomic E-state index is 6.05. The molecule has 1 aliphatic carbocycles. The molecule has 88 valence electrons. The zero-order valence-electron chi connectivity index (χ0n) is 9.74. The number of fused-ring (bicyclic) bond motifs is 1. The summed E-state index contributed by atoms with van der Waals surface area (Å²) in [5.74, 6) is 0. The lowest BCUT2D eigenvalue weighted by molar-refractivity contribution is 0.314. The predicted octanol–water partition coefficient (Wildman–Crippen LogP) is 3.71. The van der Waals surface area contributed by atoms with Crippen molar-refractivity contribution in [2.45, 2.75) is 26.2 Å². The minimum Gasteiger partial charge on any atom is -0.320 e. The van der Waals surface area contributed by atoms with Gasteiger partial charge in [-0.2, -0.15) is 0 Å². The minimum atomic E-state index is 0.360. The number of rotatable bonds is 3. The van der Waals surface area contributed by atoms with Gasteiger partial charge in [0.15, 0.2) is 0 Å². The van der Waals surface area contributed by atoms with E-state index in [1.807, 2.05) is 19.2 Å². The van der Waals surface area contributed by atoms with Crippen LogP contribution < -0.4 is 5.32 Å². The van der Waals surface area contributed by atoms with Crippen molar-refractivity contribution < 1.29 is 0 Å². The van der Waals surface area contributed by atoms with Crippen molar-refractivity contribution in [1.82, 2.24) is 5.32 Å². The summed E-state index contributed by atoms with van der Waals surface area (Å²) < 4.78 is 0. The molecule has 16 heavy (non-hydrogen) atoms. The van der Waals surface area contributed by atoms with Gasteiger partial charge in [0.25, 0.3) is 0 Å². The van der Waals surface area contributed by atoms with Crippen LogP contribution in [0.5, 0.6) is 0 Å². The first-order valence-corrected chi connectivity index (χ1v) is 6.41. The molecule has 1 aromatic rings. The van der Waals surface area contributed by atoms with Crippen LogP contribution in [0.4, 0.5) is 0 Å². The van der Waals surface area contributed by atoms with Gasteiger partial charge in [0.05, 0.1) is 10.0 Å². The highest BCUT2D eigenvalue weighted by Gasteiger charge is 2.32. The van der Waals surface area contributed by atoms with Crippen molar-refractivity contribution in [3.63, 3.8) is 0 Å². The summed E-state index contributed by atoms with van der Waals surface area (Å²) in [7, 11) is 2.00. The molecule has 0 radical (unpaired) electrons. The molecule has 0 unspecified atom stereocenters. The highest BCUT2D eigenvalue weighted by atomic mass is 35.5. The van der Waals surface area contributed by atoms with Gasteiger partial charge in [-0.05, 0) is 61.5 Å². The van der Waals surface area contributed by atoms with Gasteiger partial charge >= 0.3 is 0 Å². The normalized spacial score (nSPS) is 17.5. The first-order valence-electron chi connectivity index (χ1n) is 5.65. The Morgan fingerprint density at radius 1 is 1.19 bits per heavy atom. The fourth-order valence-electron chi connectivity index (χ4n) is 2.54. The average Bonchev–Trinajstić information content (AvgIpc) is 2.53. The van der Waals surface area contributed by atoms with Crippen LogP contribution in [0.25, 0.3) is 0 Å². The molecular formula is C13H17Cl2N. The van der Waals surface area contributed by atoms with E-state index < -0.39 is 0 Å². The highest BCUT2D eigenvalue weighted by Crippen LogP contribution is 2.41. The zero-order chi connectivity index (χ0) is 11.8. The van der Waals surface area contributed by atoms with Crippen LogP contribution in [-0.2, 0) is 12.8 Å². The Morgan fingerprint density at radius 3 is 2.12 bits per heavy atom. The van der Waals surface area contributed by atoms with Crippen molar-refractivity contribution in [2.24, 2.45) is 5.41 Å². The summed E-state index contributed by atoms with van der Waals surface area (Å²) in [5, 5.41) is 4.58. The van der Waals surface area contributed by atoms with Crippen molar-refractivity contribution in [1.29, 1.82) is 0 Å². The second-order valence-corrected chi connectivity index (χ2v) is 5.87. The fraction of sp³-hybridized carbons (Fsp3) is 0.538. The lowest BCUT2D eigenvalue weighted by Gasteiger charge is -2.23. The topological polar surface area (TPSA) is 12.0 Å². The summed E-state index contributed by atoms with van der Waals surface area (Å²) in [6.45, 7) is 3.40. The molecule has 3 heteroatoms. The Balaban J connectivity index is 2.20. The van der Waals surface area contributed by atoms with Crippen molar-refractivity contribution in [3.05, 3.63) is 33.3 Å². The summed E-state index contributed by atoms with van der Waals surface area (Å²) in [4.78, 5) is 0. The van der Waals surface area contributed by atoms with Gasteiger partial charge in [0, 0.05) is 0 Å². The van der Waals surface area contributed by atoms with Gasteiger partial charge in [0.2, 0.25) is 0 Å². The molecular weight excluding hydrogens is 241 g/mol. The summed E-state index contributed by atoms with van der Waals surface area (Å²) in [5.41, 5.74) is 3.10. The Labute approximate surface area is 107 Å². The van der Waals surface area contributed by atoms with Gasteiger partial charge in [-0.3, -0.25) is 0 Å². The molecule has 0 saturated carbocycles. The Hall–Kier alpha value is -0.240. The average molecular weight is 258 g/mol. The van der Waals surface area contributed by atoms with Crippen LogP contribution in [0.3, 0.4) is 0 Å². The summed E-state index contributed by atoms with van der Waals surface area (Å²) >= 11 is 12.1. The molecule has 0 aromatic heterocycles. The monoisotopic (exact) mass is 257 g/mol. The van der Waals surface area contributed by atoms with E-state index in [-0.39, 0.29) is 0 Å². The first kappa shape index (κ1) is 12.2. The van der Waals surface area contributed by atoms with Gasteiger partial charge in [-0.25, -0.2) is 0 Å².